The number of nitrogens with zero attached hydrogens (tertiary/aromatic N) is 2. The molecule has 1 aliphatic heterocycles. The third-order valence-electron chi connectivity index (χ3n) is 5.08. The minimum atomic E-state index is 0.0285. The third-order valence-corrected chi connectivity index (χ3v) is 5.57. The molecule has 0 saturated carbocycles. The number of hydrogen-bond donors (Lipinski definition) is 1. The lowest BCUT2D eigenvalue weighted by atomic mass is 9.97. The Bertz CT molecular complexity index is 928. The van der Waals surface area contributed by atoms with Crippen LogP contribution in [-0.4, -0.2) is 35.4 Å². The number of aryl methyl sites for hydroxylation is 1. The lowest BCUT2D eigenvalue weighted by Gasteiger charge is -2.30. The highest BCUT2D eigenvalue weighted by atomic mass is 79.9. The lowest BCUT2D eigenvalue weighted by molar-refractivity contribution is -0.117. The van der Waals surface area contributed by atoms with Gasteiger partial charge in [0.25, 0.3) is 0 Å². The number of amides is 1. The van der Waals surface area contributed by atoms with Crippen LogP contribution in [0.3, 0.4) is 0 Å². The fraction of sp³-hybridized carbons (Fsp3) is 0.333. The molecule has 4 rings (SSSR count). The Hall–Kier alpha value is -2.18. The van der Waals surface area contributed by atoms with Crippen LogP contribution in [0.15, 0.2) is 51.4 Å². The van der Waals surface area contributed by atoms with Gasteiger partial charge in [0, 0.05) is 16.1 Å². The van der Waals surface area contributed by atoms with Crippen LogP contribution in [0.25, 0.3) is 11.1 Å². The number of para-hydroxylation sites is 2. The normalized spacial score (nSPS) is 15.9. The summed E-state index contributed by atoms with van der Waals surface area (Å²) in [4.78, 5) is 19.2. The zero-order valence-corrected chi connectivity index (χ0v) is 16.8. The van der Waals surface area contributed by atoms with Gasteiger partial charge in [-0.2, -0.15) is 0 Å². The van der Waals surface area contributed by atoms with E-state index in [-0.39, 0.29) is 5.91 Å². The van der Waals surface area contributed by atoms with E-state index in [1.807, 2.05) is 49.4 Å². The molecular formula is C21H22BrN3O2. The number of aromatic nitrogens is 1. The molecule has 1 aromatic heterocycles. The molecule has 0 spiro atoms. The van der Waals surface area contributed by atoms with Crippen LogP contribution >= 0.6 is 15.9 Å². The molecule has 1 aliphatic rings. The SMILES string of the molecule is Cc1cc(Br)ccc1NC(=O)CN1CCC(c2nc3ccccc3o2)CC1. The van der Waals surface area contributed by atoms with Gasteiger partial charge in [0.05, 0.1) is 6.54 Å². The quantitative estimate of drug-likeness (QED) is 0.654. The van der Waals surface area contributed by atoms with Gasteiger partial charge in [0.1, 0.15) is 5.52 Å². The van der Waals surface area contributed by atoms with Gasteiger partial charge >= 0.3 is 0 Å². The summed E-state index contributed by atoms with van der Waals surface area (Å²) in [7, 11) is 0. The number of carbonyl (C=O) groups is 1. The van der Waals surface area contributed by atoms with Crippen LogP contribution in [0, 0.1) is 6.92 Å². The standard InChI is InChI=1S/C21H22BrN3O2/c1-14-12-16(22)6-7-17(14)23-20(26)13-25-10-8-15(9-11-25)21-24-18-4-2-3-5-19(18)27-21/h2-7,12,15H,8-11,13H2,1H3,(H,23,26). The number of fused-ring (bicyclic) bond motifs is 1. The molecule has 2 heterocycles. The first-order valence-corrected chi connectivity index (χ1v) is 10.0. The molecule has 27 heavy (non-hydrogen) atoms. The van der Waals surface area contributed by atoms with E-state index in [4.69, 9.17) is 4.42 Å². The Morgan fingerprint density at radius 1 is 1.26 bits per heavy atom. The number of anilines is 1. The first-order chi connectivity index (χ1) is 13.1. The summed E-state index contributed by atoms with van der Waals surface area (Å²) in [5.74, 6) is 1.18. The lowest BCUT2D eigenvalue weighted by Crippen LogP contribution is -2.38. The van der Waals surface area contributed by atoms with E-state index in [1.54, 1.807) is 0 Å². The summed E-state index contributed by atoms with van der Waals surface area (Å²) >= 11 is 3.44. The predicted molar refractivity (Wildman–Crippen MR) is 110 cm³/mol. The molecule has 0 bridgehead atoms. The highest BCUT2D eigenvalue weighted by Gasteiger charge is 2.25. The van der Waals surface area contributed by atoms with Crippen molar-refractivity contribution in [3.8, 4) is 0 Å². The number of nitrogens with one attached hydrogen (secondary N) is 1. The smallest absolute Gasteiger partial charge is 0.238 e. The van der Waals surface area contributed by atoms with Gasteiger partial charge in [-0.25, -0.2) is 4.98 Å². The minimum Gasteiger partial charge on any atom is -0.440 e. The second kappa shape index (κ2) is 7.82. The molecule has 1 fully saturated rings. The zero-order valence-electron chi connectivity index (χ0n) is 15.2. The van der Waals surface area contributed by atoms with Gasteiger partial charge in [0.15, 0.2) is 11.5 Å². The molecule has 1 N–H and O–H groups in total. The molecule has 2 aromatic carbocycles. The second-order valence-corrected chi connectivity index (χ2v) is 7.99. The van der Waals surface area contributed by atoms with Gasteiger partial charge in [-0.3, -0.25) is 9.69 Å². The maximum Gasteiger partial charge on any atom is 0.238 e. The fourth-order valence-electron chi connectivity index (χ4n) is 3.56. The van der Waals surface area contributed by atoms with Gasteiger partial charge in [-0.05, 0) is 68.8 Å². The summed E-state index contributed by atoms with van der Waals surface area (Å²) in [5.41, 5.74) is 3.68. The zero-order chi connectivity index (χ0) is 18.8. The molecule has 0 atom stereocenters. The molecule has 5 nitrogen and oxygen atoms in total. The van der Waals surface area contributed by atoms with Gasteiger partial charge in [-0.1, -0.05) is 28.1 Å². The predicted octanol–water partition coefficient (Wildman–Crippen LogP) is 4.72. The van der Waals surface area contributed by atoms with Crippen molar-refractivity contribution in [2.45, 2.75) is 25.7 Å². The molecule has 140 valence electrons. The topological polar surface area (TPSA) is 58.4 Å². The Balaban J connectivity index is 1.31. The number of oxazole rings is 1. The van der Waals surface area contributed by atoms with Crippen LogP contribution in [0.5, 0.6) is 0 Å². The maximum absolute atomic E-state index is 12.4. The summed E-state index contributed by atoms with van der Waals surface area (Å²) < 4.78 is 6.93. The van der Waals surface area contributed by atoms with E-state index in [0.29, 0.717) is 12.5 Å². The van der Waals surface area contributed by atoms with E-state index < -0.39 is 0 Å². The number of piperidine rings is 1. The molecule has 1 saturated heterocycles. The Morgan fingerprint density at radius 3 is 2.78 bits per heavy atom. The number of benzene rings is 2. The van der Waals surface area contributed by atoms with Gasteiger partial charge < -0.3 is 9.73 Å². The molecule has 1 amide bonds. The van der Waals surface area contributed by atoms with E-state index in [9.17, 15) is 4.79 Å². The van der Waals surface area contributed by atoms with Crippen LogP contribution in [0.1, 0.15) is 30.2 Å². The van der Waals surface area contributed by atoms with Crippen molar-refractivity contribution >= 4 is 38.6 Å². The summed E-state index contributed by atoms with van der Waals surface area (Å²) in [5, 5.41) is 3.01. The fourth-order valence-corrected chi connectivity index (χ4v) is 4.04. The Morgan fingerprint density at radius 2 is 2.04 bits per heavy atom. The van der Waals surface area contributed by atoms with Crippen LogP contribution in [0.4, 0.5) is 5.69 Å². The van der Waals surface area contributed by atoms with E-state index in [2.05, 4.69) is 31.1 Å². The van der Waals surface area contributed by atoms with Crippen molar-refractivity contribution in [3.05, 3.63) is 58.4 Å². The first kappa shape index (κ1) is 18.2. The maximum atomic E-state index is 12.4. The number of likely N-dealkylation sites (tertiary alicyclic amines) is 1. The van der Waals surface area contributed by atoms with Crippen molar-refractivity contribution < 1.29 is 9.21 Å². The molecule has 6 heteroatoms. The molecule has 3 aromatic rings. The monoisotopic (exact) mass is 427 g/mol. The van der Waals surface area contributed by atoms with Crippen molar-refractivity contribution in [2.24, 2.45) is 0 Å². The van der Waals surface area contributed by atoms with Crippen molar-refractivity contribution in [1.82, 2.24) is 9.88 Å². The van der Waals surface area contributed by atoms with Crippen LogP contribution < -0.4 is 5.32 Å². The molecule has 0 unspecified atom stereocenters. The van der Waals surface area contributed by atoms with Gasteiger partial charge in [-0.15, -0.1) is 0 Å². The Labute approximate surface area is 166 Å². The summed E-state index contributed by atoms with van der Waals surface area (Å²) in [6, 6.07) is 13.7. The first-order valence-electron chi connectivity index (χ1n) is 9.22. The van der Waals surface area contributed by atoms with Crippen molar-refractivity contribution in [3.63, 3.8) is 0 Å². The second-order valence-electron chi connectivity index (χ2n) is 7.08. The van der Waals surface area contributed by atoms with Crippen LogP contribution in [0.2, 0.25) is 0 Å². The minimum absolute atomic E-state index is 0.0285. The summed E-state index contributed by atoms with van der Waals surface area (Å²) in [6.07, 6.45) is 1.91. The highest BCUT2D eigenvalue weighted by molar-refractivity contribution is 9.10. The largest absolute Gasteiger partial charge is 0.440 e. The highest BCUT2D eigenvalue weighted by Crippen LogP contribution is 2.30. The molecule has 0 aliphatic carbocycles. The van der Waals surface area contributed by atoms with E-state index in [0.717, 1.165) is 58.6 Å². The third kappa shape index (κ3) is 4.22. The number of carbonyl (C=O) groups excluding carboxylic acids is 1. The van der Waals surface area contributed by atoms with Crippen molar-refractivity contribution in [2.75, 3.05) is 25.0 Å². The van der Waals surface area contributed by atoms with Crippen LogP contribution in [-0.2, 0) is 4.79 Å². The number of hydrogen-bond acceptors (Lipinski definition) is 4. The molecular weight excluding hydrogens is 406 g/mol. The average molecular weight is 428 g/mol. The van der Waals surface area contributed by atoms with E-state index >= 15 is 0 Å². The summed E-state index contributed by atoms with van der Waals surface area (Å²) in [6.45, 7) is 4.15. The molecule has 0 radical (unpaired) electrons. The number of halogens is 1. The van der Waals surface area contributed by atoms with E-state index in [1.165, 1.54) is 0 Å². The average Bonchev–Trinajstić information content (AvgIpc) is 3.09. The van der Waals surface area contributed by atoms with Gasteiger partial charge in [0.2, 0.25) is 5.91 Å². The number of rotatable bonds is 4. The van der Waals surface area contributed by atoms with Crippen molar-refractivity contribution in [1.29, 1.82) is 0 Å². The Kier molecular flexibility index (Phi) is 5.27.